The van der Waals surface area contributed by atoms with Crippen LogP contribution in [0.2, 0.25) is 0 Å². The normalized spacial score (nSPS) is 21.0. The summed E-state index contributed by atoms with van der Waals surface area (Å²) in [5.74, 6) is 1.36. The van der Waals surface area contributed by atoms with Gasteiger partial charge in [0, 0.05) is 55.0 Å². The van der Waals surface area contributed by atoms with E-state index in [9.17, 15) is 13.2 Å². The van der Waals surface area contributed by atoms with E-state index in [0.29, 0.717) is 57.9 Å². The lowest BCUT2D eigenvalue weighted by atomic mass is 10.1. The number of amides is 1. The molecule has 5 aromatic rings. The van der Waals surface area contributed by atoms with Gasteiger partial charge in [-0.25, -0.2) is 22.8 Å². The van der Waals surface area contributed by atoms with Gasteiger partial charge in [-0.15, -0.1) is 0 Å². The van der Waals surface area contributed by atoms with Crippen LogP contribution in [0.1, 0.15) is 41.6 Å². The van der Waals surface area contributed by atoms with Crippen molar-refractivity contribution in [3.63, 3.8) is 0 Å². The quantitative estimate of drug-likeness (QED) is 0.251. The maximum Gasteiger partial charge on any atom is 0.254 e. The average molecular weight is 657 g/mol. The molecule has 47 heavy (non-hydrogen) atoms. The van der Waals surface area contributed by atoms with Crippen molar-refractivity contribution in [3.8, 4) is 28.5 Å². The van der Waals surface area contributed by atoms with Crippen molar-refractivity contribution in [2.75, 3.05) is 19.9 Å². The molecule has 2 aliphatic carbocycles. The Balaban J connectivity index is 1.21. The fourth-order valence-electron chi connectivity index (χ4n) is 7.63. The average Bonchev–Trinajstić information content (AvgIpc) is 3.44. The number of hydrogen-bond acceptors (Lipinski definition) is 7. The maximum absolute atomic E-state index is 15.3. The number of rotatable bonds is 8. The lowest BCUT2D eigenvalue weighted by Crippen LogP contribution is -2.41. The minimum Gasteiger partial charge on any atom is -0.494 e. The summed E-state index contributed by atoms with van der Waals surface area (Å²) in [6, 6.07) is 14.0. The number of carbonyl (C=O) groups excluding carboxylic acids is 1. The molecule has 1 saturated heterocycles. The smallest absolute Gasteiger partial charge is 0.254 e. The van der Waals surface area contributed by atoms with Crippen LogP contribution in [0.4, 0.5) is 4.39 Å². The van der Waals surface area contributed by atoms with Gasteiger partial charge in [0.1, 0.15) is 22.7 Å². The number of nitrogens with zero attached hydrogens (tertiary/aromatic N) is 5. The van der Waals surface area contributed by atoms with Crippen molar-refractivity contribution in [2.45, 2.75) is 50.1 Å². The minimum atomic E-state index is -3.29. The molecule has 0 radical (unpaired) electrons. The predicted molar refractivity (Wildman–Crippen MR) is 178 cm³/mol. The summed E-state index contributed by atoms with van der Waals surface area (Å²) >= 11 is 0. The first-order valence-corrected chi connectivity index (χ1v) is 18.1. The fourth-order valence-corrected chi connectivity index (χ4v) is 8.42. The van der Waals surface area contributed by atoms with Gasteiger partial charge >= 0.3 is 0 Å². The summed E-state index contributed by atoms with van der Waals surface area (Å²) in [5, 5.41) is 0.897. The Hall–Kier alpha value is -4.29. The van der Waals surface area contributed by atoms with E-state index >= 15 is 4.39 Å². The van der Waals surface area contributed by atoms with Crippen LogP contribution in [0, 0.1) is 17.7 Å². The molecule has 1 aliphatic heterocycles. The number of halogens is 1. The van der Waals surface area contributed by atoms with Gasteiger partial charge in [0.05, 0.1) is 29.8 Å². The van der Waals surface area contributed by atoms with Crippen LogP contribution in [-0.2, 0) is 29.2 Å². The highest BCUT2D eigenvalue weighted by atomic mass is 32.2. The molecule has 8 rings (SSSR count). The molecule has 3 fully saturated rings. The minimum absolute atomic E-state index is 0.0317. The number of carbonyl (C=O) groups is 1. The first-order chi connectivity index (χ1) is 22.5. The number of aryl methyl sites for hydroxylation is 1. The number of benzene rings is 2. The van der Waals surface area contributed by atoms with Gasteiger partial charge < -0.3 is 24.5 Å². The van der Waals surface area contributed by atoms with E-state index in [-0.39, 0.29) is 23.7 Å². The van der Waals surface area contributed by atoms with Crippen LogP contribution in [0.15, 0.2) is 48.5 Å². The van der Waals surface area contributed by atoms with E-state index in [1.807, 2.05) is 28.6 Å². The van der Waals surface area contributed by atoms with Gasteiger partial charge in [0.2, 0.25) is 0 Å². The van der Waals surface area contributed by atoms with E-state index < -0.39 is 15.7 Å². The lowest BCUT2D eigenvalue weighted by Gasteiger charge is -2.27. The highest BCUT2D eigenvalue weighted by Gasteiger charge is 2.47. The van der Waals surface area contributed by atoms with E-state index in [1.54, 1.807) is 31.4 Å². The first kappa shape index (κ1) is 30.1. The number of methoxy groups -OCH3 is 1. The van der Waals surface area contributed by atoms with Gasteiger partial charge in [-0.3, -0.25) is 4.79 Å². The van der Waals surface area contributed by atoms with Crippen molar-refractivity contribution >= 4 is 37.8 Å². The van der Waals surface area contributed by atoms with Gasteiger partial charge in [0.15, 0.2) is 15.7 Å². The second-order valence-corrected chi connectivity index (χ2v) is 15.7. The molecular weight excluding hydrogens is 619 g/mol. The van der Waals surface area contributed by atoms with Crippen molar-refractivity contribution in [1.29, 1.82) is 0 Å². The molecule has 3 aromatic heterocycles. The summed E-state index contributed by atoms with van der Waals surface area (Å²) in [5.41, 5.74) is 11.1. The molecule has 2 N–H and O–H groups in total. The van der Waals surface area contributed by atoms with E-state index in [2.05, 4.69) is 10.6 Å². The number of likely N-dealkylation sites (tertiary alicyclic amines) is 1. The molecule has 2 aromatic carbocycles. The van der Waals surface area contributed by atoms with Crippen molar-refractivity contribution < 1.29 is 22.3 Å². The molecule has 244 valence electrons. The number of fused-ring (bicyclic) bond motifs is 4. The van der Waals surface area contributed by atoms with E-state index in [1.165, 1.54) is 6.07 Å². The second-order valence-electron chi connectivity index (χ2n) is 13.6. The zero-order valence-corrected chi connectivity index (χ0v) is 27.4. The molecular formula is C35H37FN6O4S. The van der Waals surface area contributed by atoms with Gasteiger partial charge in [-0.1, -0.05) is 6.07 Å². The monoisotopic (exact) mass is 656 g/mol. The van der Waals surface area contributed by atoms with Crippen LogP contribution in [0.5, 0.6) is 5.75 Å². The molecule has 3 atom stereocenters. The number of imidazole rings is 1. The molecule has 2 saturated carbocycles. The van der Waals surface area contributed by atoms with Crippen molar-refractivity contribution in [1.82, 2.24) is 24.0 Å². The molecule has 10 nitrogen and oxygen atoms in total. The third-order valence-corrected chi connectivity index (χ3v) is 11.0. The highest BCUT2D eigenvalue weighted by Crippen LogP contribution is 2.40. The standard InChI is InChI=1S/C35H37FN6O4S/c1-40-32-27(13-23(15-30(32)46-2)35(43)42-17-22-8-11-28(42)31(22)37)39-34(40)29-14-21-7-10-26(38-33(21)41(29)16-19-4-5-19)24-9-6-20(12-25(24)36)18-47(3,44)45/h6-7,9-10,12-15,19,22,28,31H,4-5,8,11,16-18,37H2,1-3H3. The molecule has 0 spiro atoms. The Morgan fingerprint density at radius 3 is 2.53 bits per heavy atom. The van der Waals surface area contributed by atoms with Gasteiger partial charge in [-0.2, -0.15) is 0 Å². The number of piperidine rings is 1. The molecule has 2 bridgehead atoms. The Kier molecular flexibility index (Phi) is 6.96. The van der Waals surface area contributed by atoms with Gasteiger partial charge in [0.25, 0.3) is 5.91 Å². The summed E-state index contributed by atoms with van der Waals surface area (Å²) < 4.78 is 48.8. The van der Waals surface area contributed by atoms with Crippen LogP contribution in [-0.4, -0.2) is 70.3 Å². The number of hydrogen-bond donors (Lipinski definition) is 1. The number of aromatic nitrogens is 4. The fraction of sp³-hybridized carbons (Fsp3) is 0.400. The first-order valence-electron chi connectivity index (χ1n) is 16.1. The van der Waals surface area contributed by atoms with Crippen LogP contribution in [0.3, 0.4) is 0 Å². The number of pyridine rings is 1. The molecule has 4 heterocycles. The number of sulfone groups is 1. The predicted octanol–water partition coefficient (Wildman–Crippen LogP) is 4.92. The summed E-state index contributed by atoms with van der Waals surface area (Å²) in [4.78, 5) is 25.7. The third kappa shape index (κ3) is 5.18. The Morgan fingerprint density at radius 1 is 1.06 bits per heavy atom. The highest BCUT2D eigenvalue weighted by molar-refractivity contribution is 7.89. The Labute approximate surface area is 272 Å². The van der Waals surface area contributed by atoms with Crippen LogP contribution >= 0.6 is 0 Å². The second kappa shape index (κ2) is 10.9. The SMILES string of the molecule is COc1cc(C(=O)N2CC3CCC2C3N)cc2nc(-c3cc4ccc(-c5ccc(CS(C)(=O)=O)cc5F)nc4n3CC3CC3)n(C)c12. The molecule has 3 unspecified atom stereocenters. The maximum atomic E-state index is 15.3. The molecule has 12 heteroatoms. The largest absolute Gasteiger partial charge is 0.494 e. The van der Waals surface area contributed by atoms with E-state index in [0.717, 1.165) is 60.7 Å². The Bertz CT molecular complexity index is 2200. The van der Waals surface area contributed by atoms with Crippen molar-refractivity contribution in [3.05, 3.63) is 65.5 Å². The van der Waals surface area contributed by atoms with Crippen LogP contribution in [0.25, 0.3) is 44.8 Å². The molecule has 3 aliphatic rings. The number of nitrogens with two attached hydrogens (primary N) is 1. The topological polar surface area (TPSA) is 125 Å². The van der Waals surface area contributed by atoms with Crippen LogP contribution < -0.4 is 10.5 Å². The Morgan fingerprint density at radius 2 is 1.87 bits per heavy atom. The summed E-state index contributed by atoms with van der Waals surface area (Å²) in [6.07, 6.45) is 5.39. The van der Waals surface area contributed by atoms with Gasteiger partial charge in [-0.05, 0) is 85.5 Å². The lowest BCUT2D eigenvalue weighted by molar-refractivity contribution is 0.0700. The number of ether oxygens (including phenoxy) is 1. The third-order valence-electron chi connectivity index (χ3n) is 10.2. The zero-order chi connectivity index (χ0) is 32.8. The summed E-state index contributed by atoms with van der Waals surface area (Å²) in [7, 11) is 0.254. The summed E-state index contributed by atoms with van der Waals surface area (Å²) in [6.45, 7) is 1.43. The molecule has 1 amide bonds. The zero-order valence-electron chi connectivity index (χ0n) is 26.6. The van der Waals surface area contributed by atoms with Crippen molar-refractivity contribution in [2.24, 2.45) is 24.6 Å². The van der Waals surface area contributed by atoms with E-state index in [4.69, 9.17) is 20.4 Å².